The molecular formula is C12H20FN5OS. The van der Waals surface area contributed by atoms with Crippen LogP contribution in [0.25, 0.3) is 0 Å². The van der Waals surface area contributed by atoms with Crippen molar-refractivity contribution in [3.05, 3.63) is 0 Å². The number of hydrogen-bond donors (Lipinski definition) is 4. The van der Waals surface area contributed by atoms with Gasteiger partial charge in [0.1, 0.15) is 11.9 Å². The monoisotopic (exact) mass is 301 g/mol. The molecule has 1 aliphatic carbocycles. The van der Waals surface area contributed by atoms with Crippen LogP contribution in [0.3, 0.4) is 0 Å². The topological polar surface area (TPSA) is 110 Å². The molecule has 0 bridgehead atoms. The number of nitrogens with two attached hydrogens (primary N) is 2. The number of nitrogens with zero attached hydrogens (tertiary/aromatic N) is 2. The number of thioether (sulfide) groups is 1. The van der Waals surface area contributed by atoms with E-state index in [1.165, 1.54) is 11.8 Å². The van der Waals surface area contributed by atoms with E-state index in [0.29, 0.717) is 23.8 Å². The number of aliphatic hydroxyl groups excluding tert-OH is 1. The van der Waals surface area contributed by atoms with E-state index in [2.05, 4.69) is 22.2 Å². The van der Waals surface area contributed by atoms with Crippen molar-refractivity contribution < 1.29 is 9.50 Å². The zero-order valence-electron chi connectivity index (χ0n) is 11.3. The quantitative estimate of drug-likeness (QED) is 0.481. The van der Waals surface area contributed by atoms with Crippen LogP contribution in [0.1, 0.15) is 26.2 Å². The second-order valence-electron chi connectivity index (χ2n) is 4.84. The predicted molar refractivity (Wildman–Crippen MR) is 79.4 cm³/mol. The molecule has 1 aliphatic rings. The minimum atomic E-state index is -1.32. The van der Waals surface area contributed by atoms with E-state index in [9.17, 15) is 9.50 Å². The summed E-state index contributed by atoms with van der Waals surface area (Å²) in [4.78, 5) is 8.38. The molecule has 0 spiro atoms. The number of nitrogen functional groups attached to an aromatic ring is 2. The lowest BCUT2D eigenvalue weighted by Crippen LogP contribution is -2.31. The molecule has 0 radical (unpaired) electrons. The lowest BCUT2D eigenvalue weighted by Gasteiger charge is -2.18. The zero-order valence-corrected chi connectivity index (χ0v) is 12.2. The molecule has 20 heavy (non-hydrogen) atoms. The average molecular weight is 301 g/mol. The fraction of sp³-hybridized carbons (Fsp3) is 0.667. The van der Waals surface area contributed by atoms with Crippen LogP contribution in [0.5, 0.6) is 0 Å². The molecule has 0 saturated heterocycles. The van der Waals surface area contributed by atoms with Gasteiger partial charge in [0.05, 0.1) is 12.1 Å². The maximum absolute atomic E-state index is 13.8. The highest BCUT2D eigenvalue weighted by Crippen LogP contribution is 2.30. The first-order valence-corrected chi connectivity index (χ1v) is 7.66. The minimum Gasteiger partial charge on any atom is -0.393 e. The predicted octanol–water partition coefficient (Wildman–Crippen LogP) is 1.42. The van der Waals surface area contributed by atoms with Crippen molar-refractivity contribution in [3.8, 4) is 0 Å². The van der Waals surface area contributed by atoms with Crippen LogP contribution in [0.2, 0.25) is 0 Å². The molecule has 0 aromatic carbocycles. The molecule has 1 aromatic rings. The van der Waals surface area contributed by atoms with Gasteiger partial charge in [-0.2, -0.15) is 0 Å². The largest absolute Gasteiger partial charge is 0.393 e. The Balaban J connectivity index is 2.15. The summed E-state index contributed by atoms with van der Waals surface area (Å²) in [5.74, 6) is 1.41. The summed E-state index contributed by atoms with van der Waals surface area (Å²) in [5.41, 5.74) is 11.8. The molecule has 3 atom stereocenters. The smallest absolute Gasteiger partial charge is 0.191 e. The van der Waals surface area contributed by atoms with Gasteiger partial charge in [0.15, 0.2) is 16.8 Å². The Bertz CT molecular complexity index is 475. The molecule has 6 nitrogen and oxygen atoms in total. The highest BCUT2D eigenvalue weighted by atomic mass is 32.2. The van der Waals surface area contributed by atoms with Gasteiger partial charge < -0.3 is 21.9 Å². The van der Waals surface area contributed by atoms with Gasteiger partial charge >= 0.3 is 0 Å². The summed E-state index contributed by atoms with van der Waals surface area (Å²) >= 11 is 1.48. The molecule has 8 heteroatoms. The average Bonchev–Trinajstić information content (AvgIpc) is 2.73. The van der Waals surface area contributed by atoms with Crippen LogP contribution >= 0.6 is 11.8 Å². The Labute approximate surface area is 121 Å². The molecule has 1 aromatic heterocycles. The third kappa shape index (κ3) is 3.24. The highest BCUT2D eigenvalue weighted by molar-refractivity contribution is 7.99. The third-order valence-corrected chi connectivity index (χ3v) is 4.29. The van der Waals surface area contributed by atoms with Crippen molar-refractivity contribution in [2.24, 2.45) is 0 Å². The van der Waals surface area contributed by atoms with Crippen LogP contribution in [0.4, 0.5) is 21.7 Å². The standard InChI is InChI=1S/C12H20FN5OS/c1-2-5-20-12-17-10(15)9(14)11(18-12)16-6-3-4-7(19)8(6)13/h6-8,19H,2-5,14H2,1H3,(H3,15,16,17,18). The molecule has 6 N–H and O–H groups in total. The van der Waals surface area contributed by atoms with E-state index in [4.69, 9.17) is 11.5 Å². The van der Waals surface area contributed by atoms with Crippen molar-refractivity contribution in [2.75, 3.05) is 22.5 Å². The maximum Gasteiger partial charge on any atom is 0.191 e. The first-order chi connectivity index (χ1) is 9.52. The van der Waals surface area contributed by atoms with E-state index in [0.717, 1.165) is 12.2 Å². The van der Waals surface area contributed by atoms with E-state index in [-0.39, 0.29) is 11.5 Å². The number of anilines is 3. The molecule has 112 valence electrons. The second kappa shape index (κ2) is 6.45. The van der Waals surface area contributed by atoms with Crippen LogP contribution < -0.4 is 16.8 Å². The third-order valence-electron chi connectivity index (χ3n) is 3.24. The summed E-state index contributed by atoms with van der Waals surface area (Å²) in [6, 6.07) is -0.495. The first-order valence-electron chi connectivity index (χ1n) is 6.67. The number of hydrogen-bond acceptors (Lipinski definition) is 7. The number of nitrogens with one attached hydrogen (secondary N) is 1. The van der Waals surface area contributed by atoms with Crippen LogP contribution in [-0.4, -0.2) is 39.1 Å². The molecule has 2 rings (SSSR count). The SMILES string of the molecule is CCCSc1nc(N)c(N)c(NC2CCC(O)C2F)n1. The fourth-order valence-corrected chi connectivity index (χ4v) is 2.80. The Kier molecular flexibility index (Phi) is 4.87. The van der Waals surface area contributed by atoms with Crippen LogP contribution in [0, 0.1) is 0 Å². The zero-order chi connectivity index (χ0) is 14.7. The maximum atomic E-state index is 13.8. The summed E-state index contributed by atoms with van der Waals surface area (Å²) in [6.07, 6.45) is -0.304. The summed E-state index contributed by atoms with van der Waals surface area (Å²) < 4.78 is 13.8. The normalized spacial score (nSPS) is 25.9. The number of aromatic nitrogens is 2. The van der Waals surface area contributed by atoms with Gasteiger partial charge in [-0.1, -0.05) is 18.7 Å². The van der Waals surface area contributed by atoms with Crippen molar-refractivity contribution in [1.82, 2.24) is 9.97 Å². The summed E-state index contributed by atoms with van der Waals surface area (Å²) in [6.45, 7) is 2.06. The molecule has 1 fully saturated rings. The van der Waals surface area contributed by atoms with Gasteiger partial charge in [0, 0.05) is 5.75 Å². The molecule has 3 unspecified atom stereocenters. The van der Waals surface area contributed by atoms with Gasteiger partial charge in [-0.3, -0.25) is 0 Å². The molecular weight excluding hydrogens is 281 g/mol. The van der Waals surface area contributed by atoms with Crippen LogP contribution in [0.15, 0.2) is 5.16 Å². The Morgan fingerprint density at radius 3 is 2.75 bits per heavy atom. The number of halogens is 1. The van der Waals surface area contributed by atoms with Crippen molar-refractivity contribution in [1.29, 1.82) is 0 Å². The van der Waals surface area contributed by atoms with Gasteiger partial charge in [-0.15, -0.1) is 0 Å². The number of alkyl halides is 1. The molecule has 1 saturated carbocycles. The summed E-state index contributed by atoms with van der Waals surface area (Å²) in [5, 5.41) is 12.9. The van der Waals surface area contributed by atoms with E-state index in [1.54, 1.807) is 0 Å². The van der Waals surface area contributed by atoms with Crippen molar-refractivity contribution >= 4 is 29.1 Å². The molecule has 0 amide bonds. The number of rotatable bonds is 5. The van der Waals surface area contributed by atoms with Gasteiger partial charge in [0.2, 0.25) is 0 Å². The fourth-order valence-electron chi connectivity index (χ4n) is 2.10. The van der Waals surface area contributed by atoms with E-state index < -0.39 is 18.3 Å². The van der Waals surface area contributed by atoms with E-state index >= 15 is 0 Å². The second-order valence-corrected chi connectivity index (χ2v) is 5.90. The van der Waals surface area contributed by atoms with Crippen LogP contribution in [-0.2, 0) is 0 Å². The Hall–Kier alpha value is -1.28. The number of aliphatic hydroxyl groups is 1. The summed E-state index contributed by atoms with van der Waals surface area (Å²) in [7, 11) is 0. The van der Waals surface area contributed by atoms with Crippen molar-refractivity contribution in [3.63, 3.8) is 0 Å². The molecule has 0 aliphatic heterocycles. The van der Waals surface area contributed by atoms with Crippen molar-refractivity contribution in [2.45, 2.75) is 49.7 Å². The van der Waals surface area contributed by atoms with Gasteiger partial charge in [0.25, 0.3) is 0 Å². The first kappa shape index (κ1) is 15.1. The highest BCUT2D eigenvalue weighted by Gasteiger charge is 2.35. The minimum absolute atomic E-state index is 0.190. The van der Waals surface area contributed by atoms with E-state index in [1.807, 2.05) is 0 Å². The van der Waals surface area contributed by atoms with Gasteiger partial charge in [-0.05, 0) is 19.3 Å². The lowest BCUT2D eigenvalue weighted by molar-refractivity contribution is 0.0994. The Morgan fingerprint density at radius 1 is 1.40 bits per heavy atom. The van der Waals surface area contributed by atoms with Gasteiger partial charge in [-0.25, -0.2) is 14.4 Å². The Morgan fingerprint density at radius 2 is 2.15 bits per heavy atom. The molecule has 1 heterocycles. The lowest BCUT2D eigenvalue weighted by atomic mass is 10.2.